The van der Waals surface area contributed by atoms with Gasteiger partial charge in [0.25, 0.3) is 0 Å². The Morgan fingerprint density at radius 3 is 2.58 bits per heavy atom. The molecule has 1 aromatic carbocycles. The van der Waals surface area contributed by atoms with Gasteiger partial charge in [0, 0.05) is 25.7 Å². The highest BCUT2D eigenvalue weighted by molar-refractivity contribution is 5.29. The molecule has 0 radical (unpaired) electrons. The van der Waals surface area contributed by atoms with E-state index in [0.717, 1.165) is 19.0 Å². The first kappa shape index (κ1) is 14.3. The van der Waals surface area contributed by atoms with Gasteiger partial charge in [0.2, 0.25) is 0 Å². The summed E-state index contributed by atoms with van der Waals surface area (Å²) in [5.74, 6) is 0.432. The molecule has 0 bridgehead atoms. The van der Waals surface area contributed by atoms with Crippen molar-refractivity contribution in [1.29, 1.82) is 0 Å². The molecule has 1 fully saturated rings. The molecule has 2 atom stereocenters. The third kappa shape index (κ3) is 3.70. The van der Waals surface area contributed by atoms with Crippen LogP contribution in [0.15, 0.2) is 24.3 Å². The van der Waals surface area contributed by atoms with Crippen molar-refractivity contribution in [3.8, 4) is 0 Å². The van der Waals surface area contributed by atoms with Gasteiger partial charge in [-0.15, -0.1) is 0 Å². The maximum Gasteiger partial charge on any atom is 0.416 e. The van der Waals surface area contributed by atoms with E-state index in [-0.39, 0.29) is 6.04 Å². The summed E-state index contributed by atoms with van der Waals surface area (Å²) in [5, 5.41) is 0. The quantitative estimate of drug-likeness (QED) is 0.897. The molecule has 2 nitrogen and oxygen atoms in total. The summed E-state index contributed by atoms with van der Waals surface area (Å²) in [6, 6.07) is 5.83. The van der Waals surface area contributed by atoms with Crippen molar-refractivity contribution >= 4 is 0 Å². The number of rotatable bonds is 2. The molecule has 19 heavy (non-hydrogen) atoms. The molecule has 1 aromatic rings. The molecule has 106 valence electrons. The number of piperidine rings is 1. The second-order valence-electron chi connectivity index (χ2n) is 5.45. The van der Waals surface area contributed by atoms with E-state index in [2.05, 4.69) is 6.92 Å². The van der Waals surface area contributed by atoms with Gasteiger partial charge in [0.1, 0.15) is 0 Å². The van der Waals surface area contributed by atoms with Gasteiger partial charge >= 0.3 is 6.18 Å². The Balaban J connectivity index is 2.15. The summed E-state index contributed by atoms with van der Waals surface area (Å²) in [4.78, 5) is 2.02. The fraction of sp³-hybridized carbons (Fsp3) is 0.571. The normalized spacial score (nSPS) is 25.5. The molecule has 1 aliphatic rings. The predicted molar refractivity (Wildman–Crippen MR) is 68.5 cm³/mol. The molecule has 0 amide bonds. The minimum Gasteiger partial charge on any atom is -0.327 e. The van der Waals surface area contributed by atoms with Crippen molar-refractivity contribution in [2.75, 3.05) is 13.1 Å². The van der Waals surface area contributed by atoms with Crippen molar-refractivity contribution < 1.29 is 13.2 Å². The first-order chi connectivity index (χ1) is 8.86. The number of likely N-dealkylation sites (tertiary alicyclic amines) is 1. The third-order valence-corrected chi connectivity index (χ3v) is 3.48. The van der Waals surface area contributed by atoms with Gasteiger partial charge < -0.3 is 5.73 Å². The predicted octanol–water partition coefficient (Wildman–Crippen LogP) is 2.87. The summed E-state index contributed by atoms with van der Waals surface area (Å²) < 4.78 is 38.7. The van der Waals surface area contributed by atoms with Gasteiger partial charge in [-0.05, 0) is 24.0 Å². The average Bonchev–Trinajstić information content (AvgIpc) is 2.26. The van der Waals surface area contributed by atoms with Crippen LogP contribution in [0.5, 0.6) is 0 Å². The van der Waals surface area contributed by atoms with Crippen LogP contribution in [0.3, 0.4) is 0 Å². The van der Waals surface area contributed by atoms with Gasteiger partial charge in [0.15, 0.2) is 0 Å². The van der Waals surface area contributed by atoms with E-state index in [1.807, 2.05) is 4.90 Å². The van der Waals surface area contributed by atoms with E-state index in [4.69, 9.17) is 5.73 Å². The fourth-order valence-corrected chi connectivity index (χ4v) is 2.82. The Kier molecular flexibility index (Phi) is 4.16. The van der Waals surface area contributed by atoms with E-state index in [1.165, 1.54) is 6.07 Å². The van der Waals surface area contributed by atoms with E-state index in [1.54, 1.807) is 12.1 Å². The standard InChI is InChI=1S/C14H19F3N2/c1-10-6-12(18)9-19(7-10)8-11-4-2-3-5-13(11)14(15,16)17/h2-5,10,12H,6-9,18H2,1H3. The number of hydrogen-bond donors (Lipinski definition) is 1. The number of benzene rings is 1. The summed E-state index contributed by atoms with van der Waals surface area (Å²) >= 11 is 0. The minimum absolute atomic E-state index is 0.0572. The Hall–Kier alpha value is -1.07. The number of nitrogens with zero attached hydrogens (tertiary/aromatic N) is 1. The van der Waals surface area contributed by atoms with Crippen LogP contribution in [-0.4, -0.2) is 24.0 Å². The number of nitrogens with two attached hydrogens (primary N) is 1. The lowest BCUT2D eigenvalue weighted by atomic mass is 9.95. The highest BCUT2D eigenvalue weighted by atomic mass is 19.4. The molecule has 1 saturated heterocycles. The van der Waals surface area contributed by atoms with Crippen LogP contribution in [0, 0.1) is 5.92 Å². The van der Waals surface area contributed by atoms with Gasteiger partial charge in [-0.25, -0.2) is 0 Å². The lowest BCUT2D eigenvalue weighted by molar-refractivity contribution is -0.138. The monoisotopic (exact) mass is 272 g/mol. The van der Waals surface area contributed by atoms with Crippen LogP contribution in [0.1, 0.15) is 24.5 Å². The molecule has 0 aromatic heterocycles. The Morgan fingerprint density at radius 2 is 1.95 bits per heavy atom. The summed E-state index contributed by atoms with van der Waals surface area (Å²) in [6.45, 7) is 3.87. The fourth-order valence-electron chi connectivity index (χ4n) is 2.82. The maximum absolute atomic E-state index is 12.9. The topological polar surface area (TPSA) is 29.3 Å². The number of hydrogen-bond acceptors (Lipinski definition) is 2. The number of alkyl halides is 3. The van der Waals surface area contributed by atoms with Crippen molar-refractivity contribution in [2.45, 2.75) is 32.1 Å². The summed E-state index contributed by atoms with van der Waals surface area (Å²) in [7, 11) is 0. The molecule has 0 aliphatic carbocycles. The Labute approximate surface area is 111 Å². The molecular formula is C14H19F3N2. The molecular weight excluding hydrogens is 253 g/mol. The van der Waals surface area contributed by atoms with E-state index in [0.29, 0.717) is 24.6 Å². The van der Waals surface area contributed by atoms with Crippen molar-refractivity contribution in [2.24, 2.45) is 11.7 Å². The Morgan fingerprint density at radius 1 is 1.26 bits per heavy atom. The van der Waals surface area contributed by atoms with Gasteiger partial charge in [-0.2, -0.15) is 13.2 Å². The molecule has 2 unspecified atom stereocenters. The summed E-state index contributed by atoms with van der Waals surface area (Å²) in [6.07, 6.45) is -3.35. The SMILES string of the molecule is CC1CC(N)CN(Cc2ccccc2C(F)(F)F)C1. The maximum atomic E-state index is 12.9. The largest absolute Gasteiger partial charge is 0.416 e. The zero-order valence-electron chi connectivity index (χ0n) is 11.0. The lowest BCUT2D eigenvalue weighted by Gasteiger charge is -2.35. The molecule has 0 saturated carbocycles. The number of halogens is 3. The van der Waals surface area contributed by atoms with Gasteiger partial charge in [-0.1, -0.05) is 25.1 Å². The van der Waals surface area contributed by atoms with Crippen molar-refractivity contribution in [3.05, 3.63) is 35.4 Å². The first-order valence-corrected chi connectivity index (χ1v) is 6.49. The first-order valence-electron chi connectivity index (χ1n) is 6.49. The molecule has 2 N–H and O–H groups in total. The lowest BCUT2D eigenvalue weighted by Crippen LogP contribution is -2.45. The van der Waals surface area contributed by atoms with Gasteiger partial charge in [0.05, 0.1) is 5.56 Å². The molecule has 1 heterocycles. The highest BCUT2D eigenvalue weighted by Crippen LogP contribution is 2.32. The highest BCUT2D eigenvalue weighted by Gasteiger charge is 2.33. The van der Waals surface area contributed by atoms with Crippen LogP contribution in [0.25, 0.3) is 0 Å². The van der Waals surface area contributed by atoms with E-state index >= 15 is 0 Å². The van der Waals surface area contributed by atoms with Crippen molar-refractivity contribution in [3.63, 3.8) is 0 Å². The molecule has 5 heteroatoms. The summed E-state index contributed by atoms with van der Waals surface area (Å²) in [5.41, 5.74) is 5.72. The van der Waals surface area contributed by atoms with Crippen LogP contribution in [0.2, 0.25) is 0 Å². The average molecular weight is 272 g/mol. The van der Waals surface area contributed by atoms with Crippen LogP contribution >= 0.6 is 0 Å². The minimum atomic E-state index is -4.29. The Bertz CT molecular complexity index is 421. The van der Waals surface area contributed by atoms with Crippen LogP contribution < -0.4 is 5.73 Å². The molecule has 2 rings (SSSR count). The zero-order valence-corrected chi connectivity index (χ0v) is 11.0. The molecule has 0 spiro atoms. The smallest absolute Gasteiger partial charge is 0.327 e. The third-order valence-electron chi connectivity index (χ3n) is 3.48. The van der Waals surface area contributed by atoms with Crippen molar-refractivity contribution in [1.82, 2.24) is 4.90 Å². The second-order valence-corrected chi connectivity index (χ2v) is 5.45. The van der Waals surface area contributed by atoms with Crippen LogP contribution in [-0.2, 0) is 12.7 Å². The van der Waals surface area contributed by atoms with Gasteiger partial charge in [-0.3, -0.25) is 4.90 Å². The molecule has 1 aliphatic heterocycles. The second kappa shape index (κ2) is 5.51. The van der Waals surface area contributed by atoms with E-state index < -0.39 is 11.7 Å². The van der Waals surface area contributed by atoms with E-state index in [9.17, 15) is 13.2 Å². The zero-order chi connectivity index (χ0) is 14.0. The van der Waals surface area contributed by atoms with Crippen LogP contribution in [0.4, 0.5) is 13.2 Å².